The normalized spacial score (nSPS) is 18.9. The predicted molar refractivity (Wildman–Crippen MR) is 98.8 cm³/mol. The summed E-state index contributed by atoms with van der Waals surface area (Å²) < 4.78 is 41.0. The number of H-pyrrole nitrogens is 1. The van der Waals surface area contributed by atoms with Crippen LogP contribution in [0.15, 0.2) is 12.1 Å². The Bertz CT molecular complexity index is 919. The number of halogens is 3. The average molecular weight is 390 g/mol. The molecule has 4 heterocycles. The van der Waals surface area contributed by atoms with Gasteiger partial charge in [-0.05, 0) is 44.7 Å². The molecule has 0 amide bonds. The van der Waals surface area contributed by atoms with Gasteiger partial charge in [0.15, 0.2) is 5.82 Å². The maximum Gasteiger partial charge on any atom is 0.418 e. The van der Waals surface area contributed by atoms with Crippen LogP contribution in [0.4, 0.5) is 24.8 Å². The molecule has 148 valence electrons. The molecular formula is C19H21F3N6. The van der Waals surface area contributed by atoms with Crippen molar-refractivity contribution < 1.29 is 13.2 Å². The first-order valence-corrected chi connectivity index (χ1v) is 9.37. The standard InChI is InChI=1S/C19H21F3N6/c1-18(11-23)6-9-28(10-7-18)14-5-4-13(19(20,21)22)16(25-14)15-12-3-2-8-24-17(12)27-26-15/h4-5H,2-3,6-10H2,1H3,(H2,24,26,27). The quantitative estimate of drug-likeness (QED) is 0.811. The molecule has 0 atom stereocenters. The number of alkyl halides is 3. The molecule has 1 fully saturated rings. The Morgan fingerprint density at radius 1 is 1.25 bits per heavy atom. The van der Waals surface area contributed by atoms with Crippen molar-refractivity contribution in [2.24, 2.45) is 5.41 Å². The number of hydrogen-bond donors (Lipinski definition) is 2. The number of rotatable bonds is 2. The van der Waals surface area contributed by atoms with Crippen LogP contribution in [0.25, 0.3) is 11.4 Å². The van der Waals surface area contributed by atoms with Crippen LogP contribution in [-0.2, 0) is 12.6 Å². The maximum atomic E-state index is 13.7. The Morgan fingerprint density at radius 2 is 2.00 bits per heavy atom. The van der Waals surface area contributed by atoms with Crippen LogP contribution in [0.2, 0.25) is 0 Å². The third kappa shape index (κ3) is 3.28. The zero-order valence-corrected chi connectivity index (χ0v) is 15.5. The van der Waals surface area contributed by atoms with Gasteiger partial charge in [0.2, 0.25) is 0 Å². The fourth-order valence-electron chi connectivity index (χ4n) is 3.81. The molecule has 1 saturated heterocycles. The number of hydrogen-bond acceptors (Lipinski definition) is 5. The van der Waals surface area contributed by atoms with Gasteiger partial charge < -0.3 is 10.2 Å². The number of piperidine rings is 1. The lowest BCUT2D eigenvalue weighted by atomic mass is 9.82. The summed E-state index contributed by atoms with van der Waals surface area (Å²) >= 11 is 0. The molecule has 9 heteroatoms. The minimum Gasteiger partial charge on any atom is -0.368 e. The summed E-state index contributed by atoms with van der Waals surface area (Å²) in [4.78, 5) is 6.36. The van der Waals surface area contributed by atoms with Gasteiger partial charge in [-0.25, -0.2) is 4.98 Å². The van der Waals surface area contributed by atoms with Crippen LogP contribution < -0.4 is 10.2 Å². The first kappa shape index (κ1) is 18.6. The van der Waals surface area contributed by atoms with Gasteiger partial charge in [0.25, 0.3) is 0 Å². The molecular weight excluding hydrogens is 369 g/mol. The third-order valence-corrected chi connectivity index (χ3v) is 5.65. The van der Waals surface area contributed by atoms with Gasteiger partial charge in [-0.1, -0.05) is 0 Å². The highest BCUT2D eigenvalue weighted by Gasteiger charge is 2.37. The molecule has 6 nitrogen and oxygen atoms in total. The summed E-state index contributed by atoms with van der Waals surface area (Å²) in [5.74, 6) is 1.10. The Labute approximate surface area is 160 Å². The minimum absolute atomic E-state index is 0.115. The molecule has 0 spiro atoms. The summed E-state index contributed by atoms with van der Waals surface area (Å²) in [6.45, 7) is 3.84. The number of nitrogens with zero attached hydrogens (tertiary/aromatic N) is 4. The van der Waals surface area contributed by atoms with Crippen LogP contribution in [0.1, 0.15) is 37.3 Å². The van der Waals surface area contributed by atoms with Crippen LogP contribution in [0.5, 0.6) is 0 Å². The van der Waals surface area contributed by atoms with E-state index in [0.29, 0.717) is 49.7 Å². The Morgan fingerprint density at radius 3 is 2.68 bits per heavy atom. The lowest BCUT2D eigenvalue weighted by molar-refractivity contribution is -0.137. The molecule has 0 aromatic carbocycles. The molecule has 0 bridgehead atoms. The van der Waals surface area contributed by atoms with Gasteiger partial charge >= 0.3 is 6.18 Å². The van der Waals surface area contributed by atoms with E-state index in [1.54, 1.807) is 0 Å². The SMILES string of the molecule is CC1(C#N)CCN(c2ccc(C(F)(F)F)c(-c3[nH]nc4c3CCCN4)n2)CC1. The fourth-order valence-corrected chi connectivity index (χ4v) is 3.81. The monoisotopic (exact) mass is 390 g/mol. The second-order valence-electron chi connectivity index (χ2n) is 7.68. The number of nitriles is 1. The van der Waals surface area contributed by atoms with Gasteiger partial charge in [-0.3, -0.25) is 5.10 Å². The van der Waals surface area contributed by atoms with Gasteiger partial charge in [-0.2, -0.15) is 23.5 Å². The van der Waals surface area contributed by atoms with Gasteiger partial charge in [-0.15, -0.1) is 0 Å². The molecule has 2 aromatic rings. The Hall–Kier alpha value is -2.76. The van der Waals surface area contributed by atoms with Crippen LogP contribution >= 0.6 is 0 Å². The van der Waals surface area contributed by atoms with E-state index in [4.69, 9.17) is 0 Å². The first-order chi connectivity index (χ1) is 13.3. The molecule has 2 aromatic heterocycles. The summed E-state index contributed by atoms with van der Waals surface area (Å²) in [7, 11) is 0. The van der Waals surface area contributed by atoms with Gasteiger partial charge in [0.1, 0.15) is 11.5 Å². The first-order valence-electron chi connectivity index (χ1n) is 9.37. The maximum absolute atomic E-state index is 13.7. The summed E-state index contributed by atoms with van der Waals surface area (Å²) in [6.07, 6.45) is -1.71. The molecule has 4 rings (SSSR count). The van der Waals surface area contributed by atoms with Crippen LogP contribution in [0.3, 0.4) is 0 Å². The van der Waals surface area contributed by atoms with E-state index in [9.17, 15) is 18.4 Å². The van der Waals surface area contributed by atoms with E-state index in [-0.39, 0.29) is 11.1 Å². The second kappa shape index (κ2) is 6.69. The Kier molecular flexibility index (Phi) is 4.44. The molecule has 28 heavy (non-hydrogen) atoms. The van der Waals surface area contributed by atoms with E-state index in [1.165, 1.54) is 6.07 Å². The van der Waals surface area contributed by atoms with E-state index >= 15 is 0 Å². The fraction of sp³-hybridized carbons (Fsp3) is 0.526. The molecule has 0 saturated carbocycles. The van der Waals surface area contributed by atoms with Crippen molar-refractivity contribution in [2.75, 3.05) is 29.9 Å². The third-order valence-electron chi connectivity index (χ3n) is 5.65. The topological polar surface area (TPSA) is 80.6 Å². The van der Waals surface area contributed by atoms with Gasteiger partial charge in [0.05, 0.1) is 22.7 Å². The predicted octanol–water partition coefficient (Wildman–Crippen LogP) is 3.98. The zero-order chi connectivity index (χ0) is 19.9. The molecule has 0 radical (unpaired) electrons. The summed E-state index contributed by atoms with van der Waals surface area (Å²) in [5, 5.41) is 19.3. The van der Waals surface area contributed by atoms with E-state index in [1.807, 2.05) is 11.8 Å². The minimum atomic E-state index is -4.51. The lowest BCUT2D eigenvalue weighted by Gasteiger charge is -2.35. The number of nitrogens with one attached hydrogen (secondary N) is 2. The van der Waals surface area contributed by atoms with Gasteiger partial charge in [0, 0.05) is 25.2 Å². The van der Waals surface area contributed by atoms with Crippen molar-refractivity contribution in [3.05, 3.63) is 23.3 Å². The summed E-state index contributed by atoms with van der Waals surface area (Å²) in [6, 6.07) is 4.85. The van der Waals surface area contributed by atoms with Crippen molar-refractivity contribution in [3.63, 3.8) is 0 Å². The molecule has 0 unspecified atom stereocenters. The molecule has 2 aliphatic heterocycles. The zero-order valence-electron chi connectivity index (χ0n) is 15.5. The molecule has 2 aliphatic rings. The van der Waals surface area contributed by atoms with Crippen molar-refractivity contribution in [1.82, 2.24) is 15.2 Å². The summed E-state index contributed by atoms with van der Waals surface area (Å²) in [5.41, 5.74) is -0.199. The second-order valence-corrected chi connectivity index (χ2v) is 7.68. The van der Waals surface area contributed by atoms with Crippen molar-refractivity contribution in [2.45, 2.75) is 38.8 Å². The van der Waals surface area contributed by atoms with Crippen LogP contribution in [0, 0.1) is 16.7 Å². The molecule has 2 N–H and O–H groups in total. The number of anilines is 2. The van der Waals surface area contributed by atoms with Crippen molar-refractivity contribution in [1.29, 1.82) is 5.26 Å². The number of pyridine rings is 1. The van der Waals surface area contributed by atoms with E-state index in [2.05, 4.69) is 26.6 Å². The Balaban J connectivity index is 1.74. The molecule has 0 aliphatic carbocycles. The van der Waals surface area contributed by atoms with Crippen LogP contribution in [-0.4, -0.2) is 34.8 Å². The highest BCUT2D eigenvalue weighted by atomic mass is 19.4. The van der Waals surface area contributed by atoms with E-state index < -0.39 is 11.7 Å². The number of aromatic nitrogens is 3. The largest absolute Gasteiger partial charge is 0.418 e. The smallest absolute Gasteiger partial charge is 0.368 e. The van der Waals surface area contributed by atoms with Crippen molar-refractivity contribution in [3.8, 4) is 17.5 Å². The highest BCUT2D eigenvalue weighted by Crippen LogP contribution is 2.40. The average Bonchev–Trinajstić information content (AvgIpc) is 3.11. The van der Waals surface area contributed by atoms with E-state index in [0.717, 1.165) is 24.6 Å². The number of aromatic amines is 1. The number of fused-ring (bicyclic) bond motifs is 1. The lowest BCUT2D eigenvalue weighted by Crippen LogP contribution is -2.38. The van der Waals surface area contributed by atoms with Crippen molar-refractivity contribution >= 4 is 11.6 Å². The highest BCUT2D eigenvalue weighted by molar-refractivity contribution is 5.71.